The Kier molecular flexibility index (Phi) is 3.38. The highest BCUT2D eigenvalue weighted by molar-refractivity contribution is 6.50. The smallest absolute Gasteiger partial charge is 0.178 e. The summed E-state index contributed by atoms with van der Waals surface area (Å²) in [5, 5.41) is 19.5. The second kappa shape index (κ2) is 4.65. The van der Waals surface area contributed by atoms with Crippen molar-refractivity contribution in [2.24, 2.45) is 0 Å². The predicted molar refractivity (Wildman–Crippen MR) is 70.2 cm³/mol. The average molecular weight is 290 g/mol. The zero-order valence-corrected chi connectivity index (χ0v) is 10.7. The van der Waals surface area contributed by atoms with Crippen molar-refractivity contribution in [1.29, 1.82) is 0 Å². The normalized spacial score (nSPS) is 10.5. The third-order valence-corrected chi connectivity index (χ3v) is 3.65. The lowest BCUT2D eigenvalue weighted by Crippen LogP contribution is -1.85. The number of aromatic hydroxyl groups is 2. The molecule has 0 heterocycles. The van der Waals surface area contributed by atoms with Gasteiger partial charge in [0.1, 0.15) is 5.02 Å². The van der Waals surface area contributed by atoms with Crippen LogP contribution in [0.5, 0.6) is 11.5 Å². The third-order valence-electron chi connectivity index (χ3n) is 2.34. The number of rotatable bonds is 1. The lowest BCUT2D eigenvalue weighted by Gasteiger charge is -2.12. The van der Waals surface area contributed by atoms with Crippen LogP contribution >= 0.6 is 34.8 Å². The summed E-state index contributed by atoms with van der Waals surface area (Å²) in [5.41, 5.74) is 0.906. The van der Waals surface area contributed by atoms with Gasteiger partial charge < -0.3 is 10.2 Å². The first-order valence-electron chi connectivity index (χ1n) is 4.67. The molecule has 0 fully saturated rings. The van der Waals surface area contributed by atoms with Crippen LogP contribution in [0, 0.1) is 0 Å². The van der Waals surface area contributed by atoms with Gasteiger partial charge in [-0.15, -0.1) is 0 Å². The molecule has 0 radical (unpaired) electrons. The Morgan fingerprint density at radius 3 is 1.88 bits per heavy atom. The lowest BCUT2D eigenvalue weighted by molar-refractivity contribution is 0.405. The fourth-order valence-electron chi connectivity index (χ4n) is 1.50. The zero-order valence-electron chi connectivity index (χ0n) is 8.42. The van der Waals surface area contributed by atoms with Gasteiger partial charge in [0.2, 0.25) is 0 Å². The van der Waals surface area contributed by atoms with E-state index in [0.29, 0.717) is 5.56 Å². The summed E-state index contributed by atoms with van der Waals surface area (Å²) >= 11 is 17.6. The molecule has 0 aliphatic carbocycles. The van der Waals surface area contributed by atoms with Gasteiger partial charge in [0.05, 0.1) is 10.0 Å². The molecule has 2 N–H and O–H groups in total. The number of hydrogen-bond acceptors (Lipinski definition) is 2. The molecule has 5 heteroatoms. The molecule has 0 saturated carbocycles. The topological polar surface area (TPSA) is 40.5 Å². The van der Waals surface area contributed by atoms with Crippen LogP contribution in [0.1, 0.15) is 0 Å². The van der Waals surface area contributed by atoms with Gasteiger partial charge in [-0.1, -0.05) is 65.1 Å². The molecule has 2 rings (SSSR count). The van der Waals surface area contributed by atoms with E-state index in [4.69, 9.17) is 34.8 Å². The van der Waals surface area contributed by atoms with E-state index < -0.39 is 5.75 Å². The first-order chi connectivity index (χ1) is 8.04. The van der Waals surface area contributed by atoms with Crippen molar-refractivity contribution in [2.75, 3.05) is 0 Å². The van der Waals surface area contributed by atoms with Crippen LogP contribution in [0.4, 0.5) is 0 Å². The molecule has 0 aliphatic rings. The second-order valence-electron chi connectivity index (χ2n) is 3.38. The Hall–Kier alpha value is -1.09. The van der Waals surface area contributed by atoms with Crippen LogP contribution < -0.4 is 0 Å². The van der Waals surface area contributed by atoms with Gasteiger partial charge in [-0.3, -0.25) is 0 Å². The summed E-state index contributed by atoms with van der Waals surface area (Å²) in [4.78, 5) is 0. The average Bonchev–Trinajstić information content (AvgIpc) is 2.36. The quantitative estimate of drug-likeness (QED) is 0.589. The van der Waals surface area contributed by atoms with Gasteiger partial charge >= 0.3 is 0 Å². The standard InChI is InChI=1S/C12H7Cl3O2/c13-8-7(6-4-2-1-3-5-6)11(16)12(17)10(15)9(8)14/h1-5,16-17H. The van der Waals surface area contributed by atoms with E-state index in [2.05, 4.69) is 0 Å². The van der Waals surface area contributed by atoms with Crippen molar-refractivity contribution < 1.29 is 10.2 Å². The largest absolute Gasteiger partial charge is 0.504 e. The molecule has 0 unspecified atom stereocenters. The monoisotopic (exact) mass is 288 g/mol. The molecule has 2 nitrogen and oxygen atoms in total. The van der Waals surface area contributed by atoms with E-state index in [1.54, 1.807) is 24.3 Å². The minimum atomic E-state index is -0.472. The molecule has 2 aromatic rings. The molecule has 0 amide bonds. The maximum Gasteiger partial charge on any atom is 0.178 e. The number of phenols is 2. The Balaban J connectivity index is 2.80. The Bertz CT molecular complexity index is 539. The fourth-order valence-corrected chi connectivity index (χ4v) is 2.21. The maximum absolute atomic E-state index is 9.86. The Morgan fingerprint density at radius 2 is 1.29 bits per heavy atom. The van der Waals surface area contributed by atoms with E-state index in [0.717, 1.165) is 0 Å². The SMILES string of the molecule is Oc1c(O)c(-c2ccccc2)c(Cl)c(Cl)c1Cl. The Labute approximate surface area is 113 Å². The summed E-state index contributed by atoms with van der Waals surface area (Å²) in [6.07, 6.45) is 0. The van der Waals surface area contributed by atoms with Crippen molar-refractivity contribution >= 4 is 34.8 Å². The van der Waals surface area contributed by atoms with Crippen molar-refractivity contribution in [2.45, 2.75) is 0 Å². The highest BCUT2D eigenvalue weighted by atomic mass is 35.5. The second-order valence-corrected chi connectivity index (χ2v) is 4.51. The van der Waals surface area contributed by atoms with Gasteiger partial charge in [0.15, 0.2) is 11.5 Å². The first-order valence-corrected chi connectivity index (χ1v) is 5.81. The molecule has 0 atom stereocenters. The van der Waals surface area contributed by atoms with Crippen molar-refractivity contribution in [1.82, 2.24) is 0 Å². The summed E-state index contributed by atoms with van der Waals surface area (Å²) in [6, 6.07) is 8.87. The van der Waals surface area contributed by atoms with E-state index in [1.165, 1.54) is 0 Å². The molecule has 0 aromatic heterocycles. The number of hydrogen-bond donors (Lipinski definition) is 2. The van der Waals surface area contributed by atoms with E-state index >= 15 is 0 Å². The van der Waals surface area contributed by atoms with Crippen LogP contribution in [-0.2, 0) is 0 Å². The maximum atomic E-state index is 9.86. The van der Waals surface area contributed by atoms with Crippen LogP contribution in [0.15, 0.2) is 30.3 Å². The lowest BCUT2D eigenvalue weighted by atomic mass is 10.0. The molecule has 17 heavy (non-hydrogen) atoms. The minimum Gasteiger partial charge on any atom is -0.504 e. The van der Waals surface area contributed by atoms with Gasteiger partial charge in [-0.25, -0.2) is 0 Å². The van der Waals surface area contributed by atoms with E-state index in [-0.39, 0.29) is 26.4 Å². The molecular formula is C12H7Cl3O2. The van der Waals surface area contributed by atoms with E-state index in [9.17, 15) is 10.2 Å². The van der Waals surface area contributed by atoms with Crippen LogP contribution in [0.2, 0.25) is 15.1 Å². The molecule has 2 aromatic carbocycles. The number of phenolic OH excluding ortho intramolecular Hbond substituents is 2. The molecule has 0 saturated heterocycles. The number of halogens is 3. The Morgan fingerprint density at radius 1 is 0.706 bits per heavy atom. The van der Waals surface area contributed by atoms with Crippen molar-refractivity contribution in [3.63, 3.8) is 0 Å². The summed E-state index contributed by atoms with van der Waals surface area (Å²) < 4.78 is 0. The number of benzene rings is 2. The summed E-state index contributed by atoms with van der Waals surface area (Å²) in [5.74, 6) is -0.851. The van der Waals surface area contributed by atoms with Crippen molar-refractivity contribution in [3.8, 4) is 22.6 Å². The van der Waals surface area contributed by atoms with Crippen LogP contribution in [0.3, 0.4) is 0 Å². The van der Waals surface area contributed by atoms with Crippen LogP contribution in [-0.4, -0.2) is 10.2 Å². The summed E-state index contributed by atoms with van der Waals surface area (Å²) in [6.45, 7) is 0. The van der Waals surface area contributed by atoms with Gasteiger partial charge in [0.25, 0.3) is 0 Å². The predicted octanol–water partition coefficient (Wildman–Crippen LogP) is 4.73. The van der Waals surface area contributed by atoms with Gasteiger partial charge in [-0.05, 0) is 5.56 Å². The minimum absolute atomic E-state index is 0.0162. The molecule has 0 bridgehead atoms. The molecular weight excluding hydrogens is 282 g/mol. The summed E-state index contributed by atoms with van der Waals surface area (Å²) in [7, 11) is 0. The van der Waals surface area contributed by atoms with E-state index in [1.807, 2.05) is 6.07 Å². The highest BCUT2D eigenvalue weighted by Gasteiger charge is 2.21. The third kappa shape index (κ3) is 2.04. The first kappa shape index (κ1) is 12.4. The van der Waals surface area contributed by atoms with Gasteiger partial charge in [0, 0.05) is 5.56 Å². The fraction of sp³-hybridized carbons (Fsp3) is 0. The zero-order chi connectivity index (χ0) is 12.6. The van der Waals surface area contributed by atoms with Crippen molar-refractivity contribution in [3.05, 3.63) is 45.4 Å². The highest BCUT2D eigenvalue weighted by Crippen LogP contribution is 2.50. The van der Waals surface area contributed by atoms with Gasteiger partial charge in [-0.2, -0.15) is 0 Å². The molecule has 0 spiro atoms. The molecule has 88 valence electrons. The molecule has 0 aliphatic heterocycles. The van der Waals surface area contributed by atoms with Crippen LogP contribution in [0.25, 0.3) is 11.1 Å².